The summed E-state index contributed by atoms with van der Waals surface area (Å²) in [4.78, 5) is 28.5. The third kappa shape index (κ3) is 8.32. The van der Waals surface area contributed by atoms with Crippen molar-refractivity contribution in [2.75, 3.05) is 32.9 Å². The lowest BCUT2D eigenvalue weighted by Gasteiger charge is -2.22. The quantitative estimate of drug-likeness (QED) is 0.348. The summed E-state index contributed by atoms with van der Waals surface area (Å²) in [6.45, 7) is 4.06. The van der Waals surface area contributed by atoms with E-state index in [-0.39, 0.29) is 48.9 Å². The fraction of sp³-hybridized carbons (Fsp3) is 0.474. The molecule has 0 aliphatic rings. The predicted molar refractivity (Wildman–Crippen MR) is 106 cm³/mol. The largest absolute Gasteiger partial charge is 0.465 e. The van der Waals surface area contributed by atoms with Crippen LogP contribution in [0.15, 0.2) is 23.1 Å². The summed E-state index contributed by atoms with van der Waals surface area (Å²) >= 11 is 0. The fourth-order valence-electron chi connectivity index (χ4n) is 2.39. The summed E-state index contributed by atoms with van der Waals surface area (Å²) in [5.41, 5.74) is -0.332. The Kier molecular flexibility index (Phi) is 10.6. The summed E-state index contributed by atoms with van der Waals surface area (Å²) < 4.78 is 37.3. The van der Waals surface area contributed by atoms with Crippen LogP contribution in [0.1, 0.15) is 31.9 Å². The van der Waals surface area contributed by atoms with E-state index in [1.165, 1.54) is 25.1 Å². The van der Waals surface area contributed by atoms with Gasteiger partial charge in [0.2, 0.25) is 10.0 Å². The van der Waals surface area contributed by atoms with E-state index in [0.717, 1.165) is 5.06 Å². The number of ether oxygens (including phenoxy) is 2. The van der Waals surface area contributed by atoms with E-state index in [4.69, 9.17) is 19.6 Å². The highest BCUT2D eigenvalue weighted by Gasteiger charge is 2.24. The number of carbonyl (C=O) groups excluding carboxylic acids is 2. The number of hydroxylamine groups is 2. The van der Waals surface area contributed by atoms with Crippen molar-refractivity contribution in [1.29, 1.82) is 10.5 Å². The van der Waals surface area contributed by atoms with Crippen LogP contribution in [0.5, 0.6) is 0 Å². The first-order chi connectivity index (χ1) is 14.7. The third-order valence-corrected chi connectivity index (χ3v) is 5.26. The Morgan fingerprint density at radius 2 is 1.68 bits per heavy atom. The van der Waals surface area contributed by atoms with Crippen LogP contribution in [-0.4, -0.2) is 64.4 Å². The van der Waals surface area contributed by atoms with Crippen LogP contribution in [0.25, 0.3) is 0 Å². The molecule has 0 spiro atoms. The summed E-state index contributed by atoms with van der Waals surface area (Å²) in [7, 11) is -4.15. The summed E-state index contributed by atoms with van der Waals surface area (Å²) in [6, 6.07) is 6.60. The lowest BCUT2D eigenvalue weighted by molar-refractivity contribution is -0.190. The zero-order valence-electron chi connectivity index (χ0n) is 17.5. The van der Waals surface area contributed by atoms with Gasteiger partial charge in [-0.15, -0.1) is 0 Å². The molecule has 0 saturated heterocycles. The minimum absolute atomic E-state index is 0.0654. The van der Waals surface area contributed by atoms with Crippen LogP contribution in [0, 0.1) is 22.7 Å². The van der Waals surface area contributed by atoms with E-state index in [1.54, 1.807) is 26.0 Å². The minimum atomic E-state index is -4.15. The van der Waals surface area contributed by atoms with Gasteiger partial charge in [0, 0.05) is 6.04 Å². The van der Waals surface area contributed by atoms with Crippen LogP contribution < -0.4 is 4.72 Å². The molecule has 31 heavy (non-hydrogen) atoms. The first-order valence-electron chi connectivity index (χ1n) is 9.33. The van der Waals surface area contributed by atoms with Gasteiger partial charge in [0.15, 0.2) is 0 Å². The van der Waals surface area contributed by atoms with Gasteiger partial charge in [0.1, 0.15) is 30.1 Å². The maximum absolute atomic E-state index is 12.7. The Hall–Kier alpha value is -3.03. The third-order valence-electron chi connectivity index (χ3n) is 3.63. The Labute approximate surface area is 181 Å². The number of hydrogen-bond donors (Lipinski definition) is 1. The Balaban J connectivity index is 2.87. The Morgan fingerprint density at radius 3 is 2.16 bits per heavy atom. The molecule has 0 heterocycles. The molecule has 0 radical (unpaired) electrons. The van der Waals surface area contributed by atoms with Gasteiger partial charge >= 0.3 is 11.9 Å². The second-order valence-electron chi connectivity index (χ2n) is 6.13. The average molecular weight is 452 g/mol. The number of carbonyl (C=O) groups is 2. The molecule has 1 aromatic rings. The molecule has 1 N–H and O–H groups in total. The molecule has 0 aromatic heterocycles. The molecule has 12 heteroatoms. The number of nitriles is 2. The van der Waals surface area contributed by atoms with Crippen molar-refractivity contribution in [2.45, 2.75) is 31.7 Å². The second-order valence-corrected chi connectivity index (χ2v) is 7.81. The van der Waals surface area contributed by atoms with Crippen molar-refractivity contribution in [1.82, 2.24) is 9.79 Å². The van der Waals surface area contributed by atoms with Crippen molar-refractivity contribution in [3.05, 3.63) is 29.3 Å². The van der Waals surface area contributed by atoms with E-state index >= 15 is 0 Å². The number of nitrogens with zero attached hydrogens (tertiary/aromatic N) is 3. The molecule has 0 amide bonds. The molecule has 1 aromatic carbocycles. The molecule has 0 fully saturated rings. The normalized spacial score (nSPS) is 11.9. The van der Waals surface area contributed by atoms with E-state index in [2.05, 4.69) is 4.72 Å². The molecule has 0 aliphatic carbocycles. The second kappa shape index (κ2) is 12.6. The van der Waals surface area contributed by atoms with Crippen molar-refractivity contribution >= 4 is 22.0 Å². The van der Waals surface area contributed by atoms with E-state index < -0.39 is 28.0 Å². The SMILES string of the molecule is CCOC(=O)CN(CC(=O)OCC)OCC(C)NS(=O)(=O)c1cccc(C#N)c1C#N. The number of sulfonamides is 1. The van der Waals surface area contributed by atoms with Gasteiger partial charge in [0.05, 0.1) is 30.9 Å². The number of benzene rings is 1. The summed E-state index contributed by atoms with van der Waals surface area (Å²) in [6.07, 6.45) is 0. The molecule has 168 valence electrons. The molecule has 1 unspecified atom stereocenters. The van der Waals surface area contributed by atoms with Gasteiger partial charge in [-0.3, -0.25) is 14.4 Å². The zero-order chi connectivity index (χ0) is 23.4. The summed E-state index contributed by atoms with van der Waals surface area (Å²) in [5.74, 6) is -1.26. The number of esters is 2. The van der Waals surface area contributed by atoms with E-state index in [1.807, 2.05) is 0 Å². The first kappa shape index (κ1) is 26.0. The van der Waals surface area contributed by atoms with Crippen LogP contribution in [0.3, 0.4) is 0 Å². The van der Waals surface area contributed by atoms with Gasteiger partial charge in [0.25, 0.3) is 0 Å². The van der Waals surface area contributed by atoms with Crippen molar-refractivity contribution in [3.63, 3.8) is 0 Å². The van der Waals surface area contributed by atoms with E-state index in [0.29, 0.717) is 0 Å². The van der Waals surface area contributed by atoms with Crippen molar-refractivity contribution in [3.8, 4) is 12.1 Å². The molecular weight excluding hydrogens is 428 g/mol. The van der Waals surface area contributed by atoms with Gasteiger partial charge in [-0.25, -0.2) is 13.1 Å². The minimum Gasteiger partial charge on any atom is -0.465 e. The average Bonchev–Trinajstić information content (AvgIpc) is 2.71. The van der Waals surface area contributed by atoms with Crippen molar-refractivity contribution < 1.29 is 32.3 Å². The molecule has 1 rings (SSSR count). The molecule has 0 bridgehead atoms. The first-order valence-corrected chi connectivity index (χ1v) is 10.8. The Bertz CT molecular complexity index is 946. The molecule has 0 aliphatic heterocycles. The van der Waals surface area contributed by atoms with Crippen LogP contribution in [0.2, 0.25) is 0 Å². The molecule has 0 saturated carbocycles. The van der Waals surface area contributed by atoms with Gasteiger partial charge in [-0.05, 0) is 32.9 Å². The van der Waals surface area contributed by atoms with Gasteiger partial charge < -0.3 is 9.47 Å². The molecule has 1 atom stereocenters. The zero-order valence-corrected chi connectivity index (χ0v) is 18.3. The maximum atomic E-state index is 12.7. The molecule has 11 nitrogen and oxygen atoms in total. The predicted octanol–water partition coefficient (Wildman–Crippen LogP) is 0.457. The monoisotopic (exact) mass is 452 g/mol. The van der Waals surface area contributed by atoms with Crippen LogP contribution in [-0.2, 0) is 33.9 Å². The lowest BCUT2D eigenvalue weighted by atomic mass is 10.1. The van der Waals surface area contributed by atoms with Crippen LogP contribution in [0.4, 0.5) is 0 Å². The number of rotatable bonds is 12. The summed E-state index contributed by atoms with van der Waals surface area (Å²) in [5, 5.41) is 19.3. The highest BCUT2D eigenvalue weighted by Crippen LogP contribution is 2.19. The topological polar surface area (TPSA) is 159 Å². The van der Waals surface area contributed by atoms with Gasteiger partial charge in [-0.2, -0.15) is 15.6 Å². The lowest BCUT2D eigenvalue weighted by Crippen LogP contribution is -2.42. The highest BCUT2D eigenvalue weighted by molar-refractivity contribution is 7.89. The standard InChI is InChI=1S/C19H24N4O7S/c1-4-28-18(24)11-23(12-19(25)29-5-2)30-13-14(3)22-31(26,27)17-8-6-7-15(9-20)16(17)10-21/h6-8,14,22H,4-5,11-13H2,1-3H3. The van der Waals surface area contributed by atoms with Crippen LogP contribution >= 0.6 is 0 Å². The van der Waals surface area contributed by atoms with Gasteiger partial charge in [-0.1, -0.05) is 6.07 Å². The van der Waals surface area contributed by atoms with Crippen molar-refractivity contribution in [2.24, 2.45) is 0 Å². The van der Waals surface area contributed by atoms with E-state index in [9.17, 15) is 23.3 Å². The smallest absolute Gasteiger partial charge is 0.322 e. The number of hydrogen-bond acceptors (Lipinski definition) is 10. The molecular formula is C19H24N4O7S. The Morgan fingerprint density at radius 1 is 1.10 bits per heavy atom. The maximum Gasteiger partial charge on any atom is 0.322 e. The highest BCUT2D eigenvalue weighted by atomic mass is 32.2. The number of nitrogens with one attached hydrogen (secondary N) is 1. The fourth-order valence-corrected chi connectivity index (χ4v) is 3.80.